The van der Waals surface area contributed by atoms with Crippen molar-refractivity contribution in [2.45, 2.75) is 6.54 Å². The van der Waals surface area contributed by atoms with Gasteiger partial charge in [-0.2, -0.15) is 0 Å². The maximum atomic E-state index is 5.78. The van der Waals surface area contributed by atoms with Gasteiger partial charge in [0, 0.05) is 38.4 Å². The molecule has 1 saturated heterocycles. The predicted molar refractivity (Wildman–Crippen MR) is 74.4 cm³/mol. The Morgan fingerprint density at radius 2 is 2.11 bits per heavy atom. The van der Waals surface area contributed by atoms with Crippen LogP contribution in [0.5, 0.6) is 0 Å². The number of rotatable bonds is 5. The summed E-state index contributed by atoms with van der Waals surface area (Å²) in [4.78, 5) is 4.80. The molecule has 0 aliphatic carbocycles. The molecular weight excluding hydrogens is 226 g/mol. The molecule has 1 fully saturated rings. The third-order valence-corrected chi connectivity index (χ3v) is 3.31. The first-order valence-electron chi connectivity index (χ1n) is 6.57. The second-order valence-corrected chi connectivity index (χ2v) is 4.94. The Morgan fingerprint density at radius 3 is 2.83 bits per heavy atom. The normalized spacial score (nSPS) is 17.2. The maximum absolute atomic E-state index is 5.78. The smallest absolute Gasteiger partial charge is 0.0594 e. The van der Waals surface area contributed by atoms with Crippen LogP contribution in [-0.2, 0) is 11.3 Å². The topological polar surface area (TPSA) is 41.7 Å². The van der Waals surface area contributed by atoms with Gasteiger partial charge in [0.15, 0.2) is 0 Å². The van der Waals surface area contributed by atoms with E-state index in [4.69, 9.17) is 10.5 Å². The maximum Gasteiger partial charge on any atom is 0.0594 e. The fraction of sp³-hybridized carbons (Fsp3) is 0.571. The molecule has 0 aromatic heterocycles. The van der Waals surface area contributed by atoms with Crippen molar-refractivity contribution in [3.05, 3.63) is 29.8 Å². The lowest BCUT2D eigenvalue weighted by Crippen LogP contribution is -2.40. The fourth-order valence-corrected chi connectivity index (χ4v) is 2.22. The van der Waals surface area contributed by atoms with Crippen molar-refractivity contribution >= 4 is 5.69 Å². The van der Waals surface area contributed by atoms with Gasteiger partial charge in [0.05, 0.1) is 13.2 Å². The molecular formula is C14H23N3O. The van der Waals surface area contributed by atoms with Crippen LogP contribution in [0.2, 0.25) is 0 Å². The number of nitrogen functional groups attached to an aromatic ring is 1. The molecule has 18 heavy (non-hydrogen) atoms. The van der Waals surface area contributed by atoms with Gasteiger partial charge in [0.1, 0.15) is 0 Å². The second kappa shape index (κ2) is 6.73. The summed E-state index contributed by atoms with van der Waals surface area (Å²) in [6.07, 6.45) is 0. The average molecular weight is 249 g/mol. The van der Waals surface area contributed by atoms with Crippen LogP contribution in [0, 0.1) is 0 Å². The van der Waals surface area contributed by atoms with E-state index < -0.39 is 0 Å². The first kappa shape index (κ1) is 13.3. The molecule has 0 spiro atoms. The van der Waals surface area contributed by atoms with E-state index in [-0.39, 0.29) is 0 Å². The molecule has 0 saturated carbocycles. The monoisotopic (exact) mass is 249 g/mol. The molecule has 1 aliphatic rings. The Morgan fingerprint density at radius 1 is 1.33 bits per heavy atom. The van der Waals surface area contributed by atoms with Crippen LogP contribution in [0.15, 0.2) is 24.3 Å². The number of anilines is 1. The molecule has 1 aliphatic heterocycles. The zero-order chi connectivity index (χ0) is 12.8. The van der Waals surface area contributed by atoms with Gasteiger partial charge in [-0.3, -0.25) is 4.90 Å². The molecule has 1 heterocycles. The van der Waals surface area contributed by atoms with Gasteiger partial charge in [-0.25, -0.2) is 0 Å². The molecule has 0 amide bonds. The summed E-state index contributed by atoms with van der Waals surface area (Å²) in [6.45, 7) is 7.02. The highest BCUT2D eigenvalue weighted by molar-refractivity contribution is 5.40. The third-order valence-electron chi connectivity index (χ3n) is 3.31. The fourth-order valence-electron chi connectivity index (χ4n) is 2.22. The van der Waals surface area contributed by atoms with Crippen molar-refractivity contribution < 1.29 is 4.74 Å². The number of hydrogen-bond acceptors (Lipinski definition) is 4. The summed E-state index contributed by atoms with van der Waals surface area (Å²) in [7, 11) is 2.16. The van der Waals surface area contributed by atoms with Crippen LogP contribution in [0.4, 0.5) is 5.69 Å². The number of morpholine rings is 1. The van der Waals surface area contributed by atoms with Gasteiger partial charge < -0.3 is 15.4 Å². The average Bonchev–Trinajstić information content (AvgIpc) is 2.38. The minimum Gasteiger partial charge on any atom is -0.399 e. The standard InChI is InChI=1S/C14H23N3O/c1-16(5-6-17-7-9-18-10-8-17)12-13-3-2-4-14(15)11-13/h2-4,11H,5-10,12,15H2,1H3. The van der Waals surface area contributed by atoms with Gasteiger partial charge >= 0.3 is 0 Å². The molecule has 1 aromatic rings. The van der Waals surface area contributed by atoms with E-state index in [1.807, 2.05) is 18.2 Å². The van der Waals surface area contributed by atoms with Crippen molar-refractivity contribution in [2.75, 3.05) is 52.2 Å². The minimum atomic E-state index is 0.842. The number of benzene rings is 1. The van der Waals surface area contributed by atoms with Crippen molar-refractivity contribution in [1.82, 2.24) is 9.80 Å². The number of nitrogens with two attached hydrogens (primary N) is 1. The van der Waals surface area contributed by atoms with E-state index in [1.165, 1.54) is 5.56 Å². The molecule has 100 valence electrons. The highest BCUT2D eigenvalue weighted by Crippen LogP contribution is 2.08. The summed E-state index contributed by atoms with van der Waals surface area (Å²) >= 11 is 0. The lowest BCUT2D eigenvalue weighted by molar-refractivity contribution is 0.0342. The number of nitrogens with zero attached hydrogens (tertiary/aromatic N) is 2. The van der Waals surface area contributed by atoms with E-state index in [9.17, 15) is 0 Å². The van der Waals surface area contributed by atoms with Crippen LogP contribution in [-0.4, -0.2) is 56.2 Å². The van der Waals surface area contributed by atoms with E-state index in [1.54, 1.807) is 0 Å². The molecule has 0 atom stereocenters. The van der Waals surface area contributed by atoms with Crippen molar-refractivity contribution in [3.63, 3.8) is 0 Å². The van der Waals surface area contributed by atoms with Gasteiger partial charge in [-0.15, -0.1) is 0 Å². The molecule has 2 rings (SSSR count). The third kappa shape index (κ3) is 4.29. The Kier molecular flexibility index (Phi) is 4.99. The predicted octanol–water partition coefficient (Wildman–Crippen LogP) is 1.03. The summed E-state index contributed by atoms with van der Waals surface area (Å²) in [5.41, 5.74) is 7.90. The minimum absolute atomic E-state index is 0.842. The molecule has 2 N–H and O–H groups in total. The molecule has 1 aromatic carbocycles. The van der Waals surface area contributed by atoms with E-state index in [0.29, 0.717) is 0 Å². The van der Waals surface area contributed by atoms with Gasteiger partial charge in [-0.05, 0) is 24.7 Å². The zero-order valence-electron chi connectivity index (χ0n) is 11.1. The Labute approximate surface area is 109 Å². The van der Waals surface area contributed by atoms with Gasteiger partial charge in [0.25, 0.3) is 0 Å². The number of ether oxygens (including phenoxy) is 1. The summed E-state index contributed by atoms with van der Waals surface area (Å²) in [5.74, 6) is 0. The van der Waals surface area contributed by atoms with E-state index in [0.717, 1.165) is 51.6 Å². The lowest BCUT2D eigenvalue weighted by atomic mass is 10.2. The molecule has 0 radical (unpaired) electrons. The SMILES string of the molecule is CN(CCN1CCOCC1)Cc1cccc(N)c1. The summed E-state index contributed by atoms with van der Waals surface area (Å²) in [5, 5.41) is 0. The van der Waals surface area contributed by atoms with Crippen LogP contribution in [0.3, 0.4) is 0 Å². The quantitative estimate of drug-likeness (QED) is 0.792. The van der Waals surface area contributed by atoms with Crippen molar-refractivity contribution in [1.29, 1.82) is 0 Å². The van der Waals surface area contributed by atoms with Crippen LogP contribution in [0.25, 0.3) is 0 Å². The molecule has 4 nitrogen and oxygen atoms in total. The summed E-state index contributed by atoms with van der Waals surface area (Å²) < 4.78 is 5.35. The zero-order valence-corrected chi connectivity index (χ0v) is 11.1. The summed E-state index contributed by atoms with van der Waals surface area (Å²) in [6, 6.07) is 8.12. The second-order valence-electron chi connectivity index (χ2n) is 4.94. The van der Waals surface area contributed by atoms with E-state index in [2.05, 4.69) is 22.9 Å². The van der Waals surface area contributed by atoms with Gasteiger partial charge in [-0.1, -0.05) is 12.1 Å². The lowest BCUT2D eigenvalue weighted by Gasteiger charge is -2.28. The first-order chi connectivity index (χ1) is 8.74. The van der Waals surface area contributed by atoms with E-state index >= 15 is 0 Å². The highest BCUT2D eigenvalue weighted by atomic mass is 16.5. The molecule has 4 heteroatoms. The number of hydrogen-bond donors (Lipinski definition) is 1. The molecule has 0 bridgehead atoms. The first-order valence-corrected chi connectivity index (χ1v) is 6.57. The Bertz CT molecular complexity index is 364. The Balaban J connectivity index is 1.72. The van der Waals surface area contributed by atoms with Crippen molar-refractivity contribution in [2.24, 2.45) is 0 Å². The highest BCUT2D eigenvalue weighted by Gasteiger charge is 2.10. The Hall–Kier alpha value is -1.10. The van der Waals surface area contributed by atoms with Crippen LogP contribution in [0.1, 0.15) is 5.56 Å². The van der Waals surface area contributed by atoms with Crippen LogP contribution >= 0.6 is 0 Å². The van der Waals surface area contributed by atoms with Gasteiger partial charge in [0.2, 0.25) is 0 Å². The molecule has 0 unspecified atom stereocenters. The number of likely N-dealkylation sites (N-methyl/N-ethyl adjacent to an activating group) is 1. The largest absolute Gasteiger partial charge is 0.399 e. The van der Waals surface area contributed by atoms with Crippen LogP contribution < -0.4 is 5.73 Å². The van der Waals surface area contributed by atoms with Crippen molar-refractivity contribution in [3.8, 4) is 0 Å².